The fourth-order valence-corrected chi connectivity index (χ4v) is 3.98. The van der Waals surface area contributed by atoms with Crippen LogP contribution in [0, 0.1) is 0 Å². The second-order valence-corrected chi connectivity index (χ2v) is 8.27. The Morgan fingerprint density at radius 1 is 1.09 bits per heavy atom. The van der Waals surface area contributed by atoms with E-state index in [-0.39, 0.29) is 12.5 Å². The zero-order chi connectivity index (χ0) is 22.3. The standard InChI is InChI=1S/C23H21ClN2O5S/c24-17-4-1-2-5-20(17)30-15-22(27)25-18-8-7-16(31-23(28)21-6-3-13-32-21)14-19(18)26-9-11-29-12-10-26/h1-8,13-14H,9-12,15H2,(H,25,27). The first-order valence-corrected chi connectivity index (χ1v) is 11.3. The third-order valence-corrected chi connectivity index (χ3v) is 5.89. The predicted molar refractivity (Wildman–Crippen MR) is 124 cm³/mol. The molecule has 1 amide bonds. The van der Waals surface area contributed by atoms with Crippen LogP contribution in [-0.4, -0.2) is 44.8 Å². The average molecular weight is 473 g/mol. The van der Waals surface area contributed by atoms with E-state index in [9.17, 15) is 9.59 Å². The summed E-state index contributed by atoms with van der Waals surface area (Å²) in [5.41, 5.74) is 1.34. The molecule has 2 heterocycles. The summed E-state index contributed by atoms with van der Waals surface area (Å²) in [5, 5.41) is 5.13. The van der Waals surface area contributed by atoms with E-state index in [0.29, 0.717) is 53.4 Å². The maximum absolute atomic E-state index is 12.5. The summed E-state index contributed by atoms with van der Waals surface area (Å²) in [5.74, 6) is 0.0874. The molecule has 166 valence electrons. The van der Waals surface area contributed by atoms with E-state index in [1.54, 1.807) is 54.6 Å². The molecular formula is C23H21ClN2O5S. The van der Waals surface area contributed by atoms with E-state index in [0.717, 1.165) is 5.69 Å². The first-order valence-electron chi connectivity index (χ1n) is 10.00. The molecule has 0 spiro atoms. The predicted octanol–water partition coefficient (Wildman–Crippen LogP) is 4.47. The van der Waals surface area contributed by atoms with Gasteiger partial charge in [-0.1, -0.05) is 29.8 Å². The van der Waals surface area contributed by atoms with Crippen LogP contribution in [0.2, 0.25) is 5.02 Å². The fraction of sp³-hybridized carbons (Fsp3) is 0.217. The van der Waals surface area contributed by atoms with Gasteiger partial charge in [-0.05, 0) is 35.7 Å². The Kier molecular flexibility index (Phi) is 7.26. The summed E-state index contributed by atoms with van der Waals surface area (Å²) in [6.07, 6.45) is 0. The highest BCUT2D eigenvalue weighted by atomic mass is 35.5. The molecule has 0 aliphatic carbocycles. The highest BCUT2D eigenvalue weighted by Crippen LogP contribution is 2.32. The number of esters is 1. The third kappa shape index (κ3) is 5.59. The van der Waals surface area contributed by atoms with Gasteiger partial charge in [0.1, 0.15) is 16.4 Å². The molecular weight excluding hydrogens is 452 g/mol. The van der Waals surface area contributed by atoms with Gasteiger partial charge in [-0.25, -0.2) is 4.79 Å². The van der Waals surface area contributed by atoms with Crippen LogP contribution < -0.4 is 19.7 Å². The van der Waals surface area contributed by atoms with Crippen molar-refractivity contribution in [3.8, 4) is 11.5 Å². The lowest BCUT2D eigenvalue weighted by atomic mass is 10.2. The zero-order valence-electron chi connectivity index (χ0n) is 17.1. The molecule has 9 heteroatoms. The fourth-order valence-electron chi connectivity index (χ4n) is 3.19. The quantitative estimate of drug-likeness (QED) is 0.403. The second-order valence-electron chi connectivity index (χ2n) is 6.91. The number of halogens is 1. The van der Waals surface area contributed by atoms with Gasteiger partial charge in [0, 0.05) is 19.2 Å². The van der Waals surface area contributed by atoms with Crippen LogP contribution in [0.5, 0.6) is 11.5 Å². The zero-order valence-corrected chi connectivity index (χ0v) is 18.7. The van der Waals surface area contributed by atoms with Crippen molar-refractivity contribution in [1.29, 1.82) is 0 Å². The lowest BCUT2D eigenvalue weighted by molar-refractivity contribution is -0.118. The molecule has 0 bridgehead atoms. The lowest BCUT2D eigenvalue weighted by Crippen LogP contribution is -2.37. The Bertz CT molecular complexity index is 1080. The van der Waals surface area contributed by atoms with Crippen LogP contribution in [0.3, 0.4) is 0 Å². The number of thiophene rings is 1. The van der Waals surface area contributed by atoms with Crippen LogP contribution in [0.1, 0.15) is 9.67 Å². The van der Waals surface area contributed by atoms with E-state index in [1.807, 2.05) is 5.38 Å². The molecule has 4 rings (SSSR count). The van der Waals surface area contributed by atoms with Crippen LogP contribution in [0.15, 0.2) is 60.0 Å². The molecule has 1 fully saturated rings. The molecule has 1 saturated heterocycles. The Hall–Kier alpha value is -3.07. The minimum atomic E-state index is -0.419. The highest BCUT2D eigenvalue weighted by molar-refractivity contribution is 7.12. The van der Waals surface area contributed by atoms with E-state index in [2.05, 4.69) is 10.2 Å². The molecule has 3 aromatic rings. The van der Waals surface area contributed by atoms with Gasteiger partial charge in [0.15, 0.2) is 6.61 Å². The molecule has 1 N–H and O–H groups in total. The lowest BCUT2D eigenvalue weighted by Gasteiger charge is -2.30. The third-order valence-electron chi connectivity index (χ3n) is 4.72. The van der Waals surface area contributed by atoms with Crippen LogP contribution in [0.4, 0.5) is 11.4 Å². The van der Waals surface area contributed by atoms with Gasteiger partial charge in [-0.2, -0.15) is 0 Å². The maximum Gasteiger partial charge on any atom is 0.353 e. The molecule has 0 radical (unpaired) electrons. The van der Waals surface area contributed by atoms with Crippen LogP contribution in [-0.2, 0) is 9.53 Å². The monoisotopic (exact) mass is 472 g/mol. The molecule has 7 nitrogen and oxygen atoms in total. The number of anilines is 2. The summed E-state index contributed by atoms with van der Waals surface area (Å²) in [6.45, 7) is 2.26. The van der Waals surface area contributed by atoms with Crippen molar-refractivity contribution in [2.75, 3.05) is 43.1 Å². The number of amides is 1. The number of benzene rings is 2. The van der Waals surface area contributed by atoms with Gasteiger partial charge >= 0.3 is 5.97 Å². The minimum Gasteiger partial charge on any atom is -0.482 e. The van der Waals surface area contributed by atoms with Crippen molar-refractivity contribution in [1.82, 2.24) is 0 Å². The summed E-state index contributed by atoms with van der Waals surface area (Å²) in [6, 6.07) is 15.6. The number of carbonyl (C=O) groups is 2. The summed E-state index contributed by atoms with van der Waals surface area (Å²) in [4.78, 5) is 27.5. The van der Waals surface area contributed by atoms with Gasteiger partial charge in [0.25, 0.3) is 5.91 Å². The Morgan fingerprint density at radius 3 is 2.66 bits per heavy atom. The average Bonchev–Trinajstić information content (AvgIpc) is 3.35. The molecule has 1 aliphatic heterocycles. The second kappa shape index (κ2) is 10.5. The first-order chi connectivity index (χ1) is 15.6. The van der Waals surface area contributed by atoms with Gasteiger partial charge in [-0.3, -0.25) is 4.79 Å². The minimum absolute atomic E-state index is 0.193. The van der Waals surface area contributed by atoms with Crippen molar-refractivity contribution in [3.05, 3.63) is 69.9 Å². The number of para-hydroxylation sites is 1. The normalized spacial score (nSPS) is 13.5. The summed E-state index contributed by atoms with van der Waals surface area (Å²) < 4.78 is 16.5. The Labute approximate surface area is 194 Å². The Balaban J connectivity index is 1.49. The van der Waals surface area contributed by atoms with Gasteiger partial charge < -0.3 is 24.4 Å². The molecule has 1 aromatic heterocycles. The largest absolute Gasteiger partial charge is 0.482 e. The SMILES string of the molecule is O=C(COc1ccccc1Cl)Nc1ccc(OC(=O)c2cccs2)cc1N1CCOCC1. The molecule has 0 unspecified atom stereocenters. The number of rotatable bonds is 7. The number of carbonyl (C=O) groups excluding carboxylic acids is 2. The van der Waals surface area contributed by atoms with Crippen molar-refractivity contribution in [3.63, 3.8) is 0 Å². The summed E-state index contributed by atoms with van der Waals surface area (Å²) in [7, 11) is 0. The van der Waals surface area contributed by atoms with Crippen molar-refractivity contribution < 1.29 is 23.8 Å². The molecule has 32 heavy (non-hydrogen) atoms. The summed E-state index contributed by atoms with van der Waals surface area (Å²) >= 11 is 7.39. The number of hydrogen-bond donors (Lipinski definition) is 1. The molecule has 2 aromatic carbocycles. The Morgan fingerprint density at radius 2 is 1.91 bits per heavy atom. The van der Waals surface area contributed by atoms with E-state index < -0.39 is 5.97 Å². The van der Waals surface area contributed by atoms with E-state index >= 15 is 0 Å². The van der Waals surface area contributed by atoms with Gasteiger partial charge in [0.2, 0.25) is 0 Å². The number of morpholine rings is 1. The van der Waals surface area contributed by atoms with E-state index in [4.69, 9.17) is 25.8 Å². The smallest absolute Gasteiger partial charge is 0.353 e. The van der Waals surface area contributed by atoms with E-state index in [1.165, 1.54) is 11.3 Å². The van der Waals surface area contributed by atoms with Crippen molar-refractivity contribution in [2.45, 2.75) is 0 Å². The highest BCUT2D eigenvalue weighted by Gasteiger charge is 2.19. The maximum atomic E-state index is 12.5. The molecule has 0 atom stereocenters. The first kappa shape index (κ1) is 22.1. The number of nitrogens with one attached hydrogen (secondary N) is 1. The van der Waals surface area contributed by atoms with Gasteiger partial charge in [-0.15, -0.1) is 11.3 Å². The van der Waals surface area contributed by atoms with Crippen molar-refractivity contribution >= 4 is 46.2 Å². The topological polar surface area (TPSA) is 77.1 Å². The number of nitrogens with zero attached hydrogens (tertiary/aromatic N) is 1. The molecule has 1 aliphatic rings. The van der Waals surface area contributed by atoms with Crippen LogP contribution >= 0.6 is 22.9 Å². The van der Waals surface area contributed by atoms with Crippen molar-refractivity contribution in [2.24, 2.45) is 0 Å². The number of hydrogen-bond acceptors (Lipinski definition) is 7. The molecule has 0 saturated carbocycles. The number of ether oxygens (including phenoxy) is 3. The van der Waals surface area contributed by atoms with Crippen LogP contribution in [0.25, 0.3) is 0 Å². The van der Waals surface area contributed by atoms with Gasteiger partial charge in [0.05, 0.1) is 29.6 Å².